The first-order chi connectivity index (χ1) is 9.36. The second kappa shape index (κ2) is 5.89. The molecule has 1 fully saturated rings. The van der Waals surface area contributed by atoms with Crippen molar-refractivity contribution >= 4 is 11.3 Å². The maximum atomic E-state index is 2.69. The molecule has 0 spiro atoms. The van der Waals surface area contributed by atoms with Crippen molar-refractivity contribution in [3.8, 4) is 0 Å². The molecule has 2 heterocycles. The van der Waals surface area contributed by atoms with E-state index in [0.717, 1.165) is 0 Å². The summed E-state index contributed by atoms with van der Waals surface area (Å²) < 4.78 is 0. The van der Waals surface area contributed by atoms with E-state index in [9.17, 15) is 0 Å². The van der Waals surface area contributed by atoms with E-state index in [1.54, 1.807) is 0 Å². The van der Waals surface area contributed by atoms with Gasteiger partial charge in [0.2, 0.25) is 0 Å². The molecular formula is C17H21NS. The molecule has 1 aliphatic rings. The van der Waals surface area contributed by atoms with Crippen LogP contribution in [-0.4, -0.2) is 11.4 Å². The lowest BCUT2D eigenvalue weighted by Crippen LogP contribution is -2.35. The Morgan fingerprint density at radius 3 is 2.68 bits per heavy atom. The number of rotatable bonds is 3. The van der Waals surface area contributed by atoms with Crippen molar-refractivity contribution in [3.05, 3.63) is 58.3 Å². The van der Waals surface area contributed by atoms with Crippen molar-refractivity contribution in [3.63, 3.8) is 0 Å². The molecule has 0 N–H and O–H groups in total. The van der Waals surface area contributed by atoms with Crippen LogP contribution in [0, 0.1) is 0 Å². The van der Waals surface area contributed by atoms with Gasteiger partial charge in [-0.1, -0.05) is 42.8 Å². The van der Waals surface area contributed by atoms with Crippen LogP contribution in [0.15, 0.2) is 47.8 Å². The van der Waals surface area contributed by atoms with Gasteiger partial charge in [0.15, 0.2) is 0 Å². The summed E-state index contributed by atoms with van der Waals surface area (Å²) in [6, 6.07) is 16.5. The van der Waals surface area contributed by atoms with E-state index >= 15 is 0 Å². The molecule has 2 aromatic rings. The van der Waals surface area contributed by atoms with Gasteiger partial charge in [0.25, 0.3) is 0 Å². The summed E-state index contributed by atoms with van der Waals surface area (Å²) in [7, 11) is 0. The minimum absolute atomic E-state index is 0.508. The quantitative estimate of drug-likeness (QED) is 0.756. The predicted molar refractivity (Wildman–Crippen MR) is 82.5 cm³/mol. The molecule has 2 atom stereocenters. The molecule has 1 aromatic heterocycles. The molecule has 1 saturated heterocycles. The average Bonchev–Trinajstić information content (AvgIpc) is 3.01. The van der Waals surface area contributed by atoms with Gasteiger partial charge in [-0.2, -0.15) is 0 Å². The Labute approximate surface area is 119 Å². The maximum Gasteiger partial charge on any atom is 0.0447 e. The summed E-state index contributed by atoms with van der Waals surface area (Å²) in [6.07, 6.45) is 4.00. The van der Waals surface area contributed by atoms with E-state index in [4.69, 9.17) is 0 Å². The van der Waals surface area contributed by atoms with Crippen LogP contribution in [-0.2, 0) is 0 Å². The van der Waals surface area contributed by atoms with E-state index in [-0.39, 0.29) is 0 Å². The summed E-state index contributed by atoms with van der Waals surface area (Å²) in [5, 5.41) is 2.20. The highest BCUT2D eigenvalue weighted by atomic mass is 32.1. The van der Waals surface area contributed by atoms with E-state index in [1.807, 2.05) is 11.3 Å². The first-order valence-corrected chi connectivity index (χ1v) is 8.08. The zero-order valence-electron chi connectivity index (χ0n) is 11.5. The van der Waals surface area contributed by atoms with Gasteiger partial charge in [-0.25, -0.2) is 0 Å². The fourth-order valence-electron chi connectivity index (χ4n) is 3.13. The molecule has 0 aliphatic carbocycles. The maximum absolute atomic E-state index is 2.69. The van der Waals surface area contributed by atoms with Crippen LogP contribution in [0.5, 0.6) is 0 Å². The van der Waals surface area contributed by atoms with Crippen LogP contribution in [0.4, 0.5) is 0 Å². The van der Waals surface area contributed by atoms with Gasteiger partial charge in [0.1, 0.15) is 0 Å². The zero-order chi connectivity index (χ0) is 13.1. The Kier molecular flexibility index (Phi) is 4.00. The summed E-state index contributed by atoms with van der Waals surface area (Å²) in [6.45, 7) is 3.57. The topological polar surface area (TPSA) is 3.24 Å². The molecule has 0 saturated carbocycles. The molecular weight excluding hydrogens is 250 g/mol. The Bertz CT molecular complexity index is 491. The highest BCUT2D eigenvalue weighted by Crippen LogP contribution is 2.38. The number of likely N-dealkylation sites (tertiary alicyclic amines) is 1. The van der Waals surface area contributed by atoms with Crippen LogP contribution in [0.25, 0.3) is 0 Å². The Morgan fingerprint density at radius 1 is 1.11 bits per heavy atom. The third-order valence-electron chi connectivity index (χ3n) is 4.20. The van der Waals surface area contributed by atoms with E-state index in [0.29, 0.717) is 12.1 Å². The van der Waals surface area contributed by atoms with Crippen LogP contribution in [0.3, 0.4) is 0 Å². The Balaban J connectivity index is 1.84. The van der Waals surface area contributed by atoms with Crippen molar-refractivity contribution in [2.45, 2.75) is 38.3 Å². The van der Waals surface area contributed by atoms with Crippen LogP contribution in [0.2, 0.25) is 0 Å². The lowest BCUT2D eigenvalue weighted by atomic mass is 9.96. The molecule has 2 heteroatoms. The Hall–Kier alpha value is -1.12. The smallest absolute Gasteiger partial charge is 0.0447 e. The standard InChI is InChI=1S/C17H21NS/c1-14(15-8-3-2-4-9-15)18-12-6-5-10-16(18)17-11-7-13-19-17/h2-4,7-9,11,13-14,16H,5-6,10,12H2,1H3. The van der Waals surface area contributed by atoms with E-state index in [2.05, 4.69) is 59.7 Å². The van der Waals surface area contributed by atoms with Crippen LogP contribution in [0.1, 0.15) is 48.7 Å². The molecule has 0 radical (unpaired) electrons. The van der Waals surface area contributed by atoms with Gasteiger partial charge in [0.05, 0.1) is 0 Å². The minimum atomic E-state index is 0.508. The predicted octanol–water partition coefficient (Wildman–Crippen LogP) is 5.04. The number of hydrogen-bond acceptors (Lipinski definition) is 2. The highest BCUT2D eigenvalue weighted by molar-refractivity contribution is 7.10. The molecule has 1 aliphatic heterocycles. The largest absolute Gasteiger partial charge is 0.289 e. The van der Waals surface area contributed by atoms with Crippen molar-refractivity contribution in [1.82, 2.24) is 4.90 Å². The fourth-order valence-corrected chi connectivity index (χ4v) is 4.01. The summed E-state index contributed by atoms with van der Waals surface area (Å²) in [5.41, 5.74) is 1.44. The number of thiophene rings is 1. The van der Waals surface area contributed by atoms with E-state index < -0.39 is 0 Å². The van der Waals surface area contributed by atoms with E-state index in [1.165, 1.54) is 36.2 Å². The van der Waals surface area contributed by atoms with Gasteiger partial charge in [-0.3, -0.25) is 4.90 Å². The number of benzene rings is 1. The van der Waals surface area contributed by atoms with Crippen LogP contribution < -0.4 is 0 Å². The van der Waals surface area contributed by atoms with Crippen molar-refractivity contribution in [1.29, 1.82) is 0 Å². The summed E-state index contributed by atoms with van der Waals surface area (Å²) in [4.78, 5) is 4.22. The number of piperidine rings is 1. The third-order valence-corrected chi connectivity index (χ3v) is 5.17. The van der Waals surface area contributed by atoms with Crippen LogP contribution >= 0.6 is 11.3 Å². The lowest BCUT2D eigenvalue weighted by molar-refractivity contribution is 0.105. The third kappa shape index (κ3) is 2.75. The monoisotopic (exact) mass is 271 g/mol. The minimum Gasteiger partial charge on any atom is -0.289 e. The highest BCUT2D eigenvalue weighted by Gasteiger charge is 2.28. The molecule has 1 nitrogen and oxygen atoms in total. The lowest BCUT2D eigenvalue weighted by Gasteiger charge is -2.39. The number of nitrogens with zero attached hydrogens (tertiary/aromatic N) is 1. The first-order valence-electron chi connectivity index (χ1n) is 7.20. The molecule has 2 unspecified atom stereocenters. The number of hydrogen-bond donors (Lipinski definition) is 0. The van der Waals surface area contributed by atoms with Crippen molar-refractivity contribution in [2.24, 2.45) is 0 Å². The molecule has 100 valence electrons. The summed E-state index contributed by atoms with van der Waals surface area (Å²) in [5.74, 6) is 0. The molecule has 3 rings (SSSR count). The van der Waals surface area contributed by atoms with Crippen molar-refractivity contribution in [2.75, 3.05) is 6.54 Å². The molecule has 19 heavy (non-hydrogen) atoms. The SMILES string of the molecule is CC(c1ccccc1)N1CCCCC1c1cccs1. The zero-order valence-corrected chi connectivity index (χ0v) is 12.3. The van der Waals surface area contributed by atoms with Gasteiger partial charge in [-0.15, -0.1) is 11.3 Å². The second-order valence-electron chi connectivity index (χ2n) is 5.35. The molecule has 0 bridgehead atoms. The van der Waals surface area contributed by atoms with Crippen molar-refractivity contribution < 1.29 is 0 Å². The first kappa shape index (κ1) is 12.9. The van der Waals surface area contributed by atoms with Gasteiger partial charge < -0.3 is 0 Å². The molecule has 1 aromatic carbocycles. The fraction of sp³-hybridized carbons (Fsp3) is 0.412. The van der Waals surface area contributed by atoms with Gasteiger partial charge >= 0.3 is 0 Å². The van der Waals surface area contributed by atoms with Gasteiger partial charge in [0, 0.05) is 17.0 Å². The second-order valence-corrected chi connectivity index (χ2v) is 6.33. The van der Waals surface area contributed by atoms with Gasteiger partial charge in [-0.05, 0) is 43.3 Å². The normalized spacial score (nSPS) is 22.3. The average molecular weight is 271 g/mol. The Morgan fingerprint density at radius 2 is 1.95 bits per heavy atom. The molecule has 0 amide bonds. The summed E-state index contributed by atoms with van der Waals surface area (Å²) >= 11 is 1.90.